The van der Waals surface area contributed by atoms with E-state index in [1.165, 1.54) is 23.9 Å². The molecule has 140 valence electrons. The van der Waals surface area contributed by atoms with Gasteiger partial charge in [-0.25, -0.2) is 13.1 Å². The van der Waals surface area contributed by atoms with Crippen LogP contribution in [-0.4, -0.2) is 31.2 Å². The fraction of sp³-hybridized carbons (Fsp3) is 0.0588. The highest BCUT2D eigenvalue weighted by atomic mass is 79.9. The summed E-state index contributed by atoms with van der Waals surface area (Å²) in [5.41, 5.74) is 0.353. The lowest BCUT2D eigenvalue weighted by Crippen LogP contribution is -2.31. The summed E-state index contributed by atoms with van der Waals surface area (Å²) >= 11 is 9.32. The Kier molecular flexibility index (Phi) is 5.54. The van der Waals surface area contributed by atoms with Crippen LogP contribution in [0.15, 0.2) is 64.0 Å². The molecule has 1 aromatic heterocycles. The molecule has 0 aliphatic carbocycles. The first-order valence-corrected chi connectivity index (χ1v) is 10.2. The van der Waals surface area contributed by atoms with Crippen LogP contribution in [-0.2, 0) is 10.0 Å². The maximum Gasteiger partial charge on any atom is 0.285 e. The van der Waals surface area contributed by atoms with E-state index in [2.05, 4.69) is 21.0 Å². The number of benzene rings is 2. The second-order valence-corrected chi connectivity index (χ2v) is 8.21. The van der Waals surface area contributed by atoms with Gasteiger partial charge in [0.1, 0.15) is 4.90 Å². The third-order valence-electron chi connectivity index (χ3n) is 3.55. The zero-order chi connectivity index (χ0) is 19.6. The molecule has 1 amide bonds. The Bertz CT molecular complexity index is 1110. The van der Waals surface area contributed by atoms with Gasteiger partial charge in [-0.2, -0.15) is 9.78 Å². The quantitative estimate of drug-likeness (QED) is 0.617. The zero-order valence-electron chi connectivity index (χ0n) is 13.9. The van der Waals surface area contributed by atoms with Gasteiger partial charge < -0.3 is 4.74 Å². The molecule has 0 fully saturated rings. The number of ether oxygens (including phenoxy) is 1. The SMILES string of the molecule is COc1cc(C(=O)NS(=O)(=O)c2ccccc2Br)nn1-c1ccccc1Cl. The number of hydrogen-bond donors (Lipinski definition) is 1. The van der Waals surface area contributed by atoms with Crippen LogP contribution in [0.5, 0.6) is 5.88 Å². The Labute approximate surface area is 169 Å². The molecule has 1 N–H and O–H groups in total. The van der Waals surface area contributed by atoms with E-state index in [4.69, 9.17) is 16.3 Å². The van der Waals surface area contributed by atoms with Gasteiger partial charge in [-0.15, -0.1) is 0 Å². The molecule has 0 aliphatic heterocycles. The highest BCUT2D eigenvalue weighted by Gasteiger charge is 2.24. The maximum atomic E-state index is 12.5. The van der Waals surface area contributed by atoms with Gasteiger partial charge in [-0.3, -0.25) is 4.79 Å². The summed E-state index contributed by atoms with van der Waals surface area (Å²) in [6.45, 7) is 0. The molecule has 1 heterocycles. The second kappa shape index (κ2) is 7.71. The number of nitrogens with zero attached hydrogens (tertiary/aromatic N) is 2. The standard InChI is InChI=1S/C17H13BrClN3O4S/c1-26-16-10-13(20-22(16)14-8-4-3-7-12(14)19)17(23)21-27(24,25)15-9-5-2-6-11(15)18/h2-10H,1H3,(H,21,23). The van der Waals surface area contributed by atoms with Crippen molar-refractivity contribution in [2.75, 3.05) is 7.11 Å². The smallest absolute Gasteiger partial charge is 0.285 e. The van der Waals surface area contributed by atoms with Gasteiger partial charge in [0, 0.05) is 10.5 Å². The van der Waals surface area contributed by atoms with E-state index in [1.807, 2.05) is 4.72 Å². The molecule has 27 heavy (non-hydrogen) atoms. The molecule has 10 heteroatoms. The average Bonchev–Trinajstić information content (AvgIpc) is 3.06. The molecular formula is C17H13BrClN3O4S. The number of aromatic nitrogens is 2. The third-order valence-corrected chi connectivity index (χ3v) is 6.22. The summed E-state index contributed by atoms with van der Waals surface area (Å²) in [5.74, 6) is -0.665. The minimum absolute atomic E-state index is 0.0594. The van der Waals surface area contributed by atoms with Crippen LogP contribution in [0, 0.1) is 0 Å². The number of carbonyl (C=O) groups is 1. The molecule has 0 bridgehead atoms. The number of carbonyl (C=O) groups excluding carboxylic acids is 1. The van der Waals surface area contributed by atoms with Gasteiger partial charge in [0.2, 0.25) is 5.88 Å². The Morgan fingerprint density at radius 3 is 2.52 bits per heavy atom. The normalized spacial score (nSPS) is 11.2. The highest BCUT2D eigenvalue weighted by molar-refractivity contribution is 9.10. The van der Waals surface area contributed by atoms with Crippen molar-refractivity contribution >= 4 is 43.5 Å². The van der Waals surface area contributed by atoms with Gasteiger partial charge in [0.05, 0.1) is 17.8 Å². The topological polar surface area (TPSA) is 90.3 Å². The molecule has 0 saturated heterocycles. The Morgan fingerprint density at radius 2 is 1.85 bits per heavy atom. The molecule has 3 aromatic rings. The van der Waals surface area contributed by atoms with Crippen molar-refractivity contribution in [2.24, 2.45) is 0 Å². The Hall–Kier alpha value is -2.36. The van der Waals surface area contributed by atoms with Crippen LogP contribution in [0.2, 0.25) is 5.02 Å². The van der Waals surface area contributed by atoms with E-state index in [0.29, 0.717) is 15.2 Å². The third kappa shape index (κ3) is 4.00. The zero-order valence-corrected chi connectivity index (χ0v) is 17.0. The summed E-state index contributed by atoms with van der Waals surface area (Å²) < 4.78 is 33.8. The molecular weight excluding hydrogens is 458 g/mol. The number of para-hydroxylation sites is 1. The number of rotatable bonds is 5. The largest absolute Gasteiger partial charge is 0.481 e. The monoisotopic (exact) mass is 469 g/mol. The molecule has 0 atom stereocenters. The van der Waals surface area contributed by atoms with Crippen molar-refractivity contribution in [1.82, 2.24) is 14.5 Å². The number of hydrogen-bond acceptors (Lipinski definition) is 5. The van der Waals surface area contributed by atoms with E-state index in [-0.39, 0.29) is 16.5 Å². The molecule has 2 aromatic carbocycles. The van der Waals surface area contributed by atoms with E-state index in [0.717, 1.165) is 0 Å². The predicted octanol–water partition coefficient (Wildman–Crippen LogP) is 3.42. The van der Waals surface area contributed by atoms with Crippen LogP contribution >= 0.6 is 27.5 Å². The maximum absolute atomic E-state index is 12.5. The van der Waals surface area contributed by atoms with Crippen molar-refractivity contribution in [1.29, 1.82) is 0 Å². The summed E-state index contributed by atoms with van der Waals surface area (Å²) in [5, 5.41) is 4.53. The minimum Gasteiger partial charge on any atom is -0.481 e. The first-order chi connectivity index (χ1) is 12.8. The first-order valence-electron chi connectivity index (χ1n) is 7.54. The number of methoxy groups -OCH3 is 1. The fourth-order valence-corrected chi connectivity index (χ4v) is 4.49. The summed E-state index contributed by atoms with van der Waals surface area (Å²) in [6, 6.07) is 14.3. The van der Waals surface area contributed by atoms with Crippen molar-refractivity contribution in [3.63, 3.8) is 0 Å². The predicted molar refractivity (Wildman–Crippen MR) is 104 cm³/mol. The van der Waals surface area contributed by atoms with Crippen molar-refractivity contribution < 1.29 is 17.9 Å². The summed E-state index contributed by atoms with van der Waals surface area (Å²) in [4.78, 5) is 12.4. The molecule has 0 radical (unpaired) electrons. The van der Waals surface area contributed by atoms with Crippen LogP contribution in [0.3, 0.4) is 0 Å². The van der Waals surface area contributed by atoms with Gasteiger partial charge in [-0.1, -0.05) is 35.9 Å². The molecule has 0 aliphatic rings. The van der Waals surface area contributed by atoms with Crippen LogP contribution < -0.4 is 9.46 Å². The van der Waals surface area contributed by atoms with Gasteiger partial charge in [-0.05, 0) is 40.2 Å². The number of nitrogens with one attached hydrogen (secondary N) is 1. The number of amides is 1. The van der Waals surface area contributed by atoms with Crippen molar-refractivity contribution in [3.05, 3.63) is 69.8 Å². The van der Waals surface area contributed by atoms with E-state index < -0.39 is 15.9 Å². The lowest BCUT2D eigenvalue weighted by Gasteiger charge is -2.07. The molecule has 3 rings (SSSR count). The lowest BCUT2D eigenvalue weighted by atomic mass is 10.3. The van der Waals surface area contributed by atoms with Crippen LogP contribution in [0.1, 0.15) is 10.5 Å². The lowest BCUT2D eigenvalue weighted by molar-refractivity contribution is 0.0976. The number of sulfonamides is 1. The summed E-state index contributed by atoms with van der Waals surface area (Å²) in [6.07, 6.45) is 0. The van der Waals surface area contributed by atoms with Crippen molar-refractivity contribution in [3.8, 4) is 11.6 Å². The molecule has 0 saturated carbocycles. The number of halogens is 2. The van der Waals surface area contributed by atoms with Crippen LogP contribution in [0.4, 0.5) is 0 Å². The molecule has 7 nitrogen and oxygen atoms in total. The van der Waals surface area contributed by atoms with E-state index >= 15 is 0 Å². The van der Waals surface area contributed by atoms with E-state index in [1.54, 1.807) is 42.5 Å². The Balaban J connectivity index is 1.95. The average molecular weight is 471 g/mol. The van der Waals surface area contributed by atoms with Crippen molar-refractivity contribution in [2.45, 2.75) is 4.90 Å². The van der Waals surface area contributed by atoms with Gasteiger partial charge >= 0.3 is 0 Å². The molecule has 0 unspecified atom stereocenters. The van der Waals surface area contributed by atoms with E-state index in [9.17, 15) is 13.2 Å². The second-order valence-electron chi connectivity index (χ2n) is 5.30. The summed E-state index contributed by atoms with van der Waals surface area (Å²) in [7, 11) is -2.68. The van der Waals surface area contributed by atoms with Gasteiger partial charge in [0.15, 0.2) is 5.69 Å². The van der Waals surface area contributed by atoms with Gasteiger partial charge in [0.25, 0.3) is 15.9 Å². The highest BCUT2D eigenvalue weighted by Crippen LogP contribution is 2.26. The molecule has 0 spiro atoms. The Morgan fingerprint density at radius 1 is 1.19 bits per heavy atom. The first kappa shape index (κ1) is 19.4. The van der Waals surface area contributed by atoms with Crippen LogP contribution in [0.25, 0.3) is 5.69 Å². The minimum atomic E-state index is -4.08. The fourth-order valence-electron chi connectivity index (χ4n) is 2.31.